The monoisotopic (exact) mass is 421 g/mol. The zero-order valence-electron chi connectivity index (χ0n) is 14.6. The largest absolute Gasteiger partial charge is 0.508 e. The van der Waals surface area contributed by atoms with Crippen molar-refractivity contribution >= 4 is 44.0 Å². The molecule has 0 radical (unpaired) electrons. The fourth-order valence-corrected chi connectivity index (χ4v) is 3.40. The van der Waals surface area contributed by atoms with E-state index in [9.17, 15) is 18.3 Å². The van der Waals surface area contributed by atoms with Gasteiger partial charge in [-0.25, -0.2) is 13.6 Å². The number of halogens is 1. The Kier molecular flexibility index (Phi) is 5.41. The second-order valence-corrected chi connectivity index (χ2v) is 7.83. The average molecular weight is 422 g/mol. The van der Waals surface area contributed by atoms with Gasteiger partial charge in [0.1, 0.15) is 5.75 Å². The van der Waals surface area contributed by atoms with Crippen LogP contribution in [0.5, 0.6) is 11.6 Å². The number of amides is 1. The van der Waals surface area contributed by atoms with Gasteiger partial charge in [0.25, 0.3) is 10.0 Å². The van der Waals surface area contributed by atoms with Crippen molar-refractivity contribution in [3.05, 3.63) is 53.1 Å². The van der Waals surface area contributed by atoms with E-state index in [1.807, 2.05) is 0 Å². The van der Waals surface area contributed by atoms with E-state index in [-0.39, 0.29) is 28.1 Å². The number of ether oxygens (including phenoxy) is 1. The molecule has 0 aliphatic heterocycles. The van der Waals surface area contributed by atoms with Crippen LogP contribution in [0.15, 0.2) is 47.5 Å². The van der Waals surface area contributed by atoms with Crippen LogP contribution in [0.25, 0.3) is 10.8 Å². The highest BCUT2D eigenvalue weighted by Crippen LogP contribution is 2.29. The van der Waals surface area contributed by atoms with Crippen LogP contribution < -0.4 is 15.2 Å². The Morgan fingerprint density at radius 1 is 1.29 bits per heavy atom. The summed E-state index contributed by atoms with van der Waals surface area (Å²) in [7, 11) is -2.65. The van der Waals surface area contributed by atoms with Gasteiger partial charge in [0.2, 0.25) is 11.8 Å². The molecule has 1 heterocycles. The predicted molar refractivity (Wildman–Crippen MR) is 105 cm³/mol. The van der Waals surface area contributed by atoms with E-state index in [4.69, 9.17) is 21.5 Å². The van der Waals surface area contributed by atoms with Crippen LogP contribution in [0.4, 0.5) is 5.69 Å². The molecule has 3 rings (SSSR count). The Labute approximate surface area is 166 Å². The van der Waals surface area contributed by atoms with Gasteiger partial charge in [-0.1, -0.05) is 23.7 Å². The molecule has 0 aliphatic carbocycles. The molecule has 0 saturated heterocycles. The standard InChI is InChI=1S/C18H16ClN3O5S/c1-27-18-12-8-11(6-5-10(12)7-17(22-18)28(20,25)26)21-16(24)9-13-14(19)3-2-4-15(13)23/h2-8,23H,9H2,1H3,(H,21,24)(H2,20,25,26). The van der Waals surface area contributed by atoms with Crippen molar-refractivity contribution in [1.82, 2.24) is 4.98 Å². The lowest BCUT2D eigenvalue weighted by Crippen LogP contribution is -2.15. The molecule has 2 aromatic carbocycles. The number of aromatic nitrogens is 1. The van der Waals surface area contributed by atoms with Gasteiger partial charge in [-0.15, -0.1) is 0 Å². The van der Waals surface area contributed by atoms with Gasteiger partial charge in [-0.2, -0.15) is 4.98 Å². The maximum atomic E-state index is 12.3. The first kappa shape index (κ1) is 19.9. The third-order valence-corrected chi connectivity index (χ3v) is 5.12. The summed E-state index contributed by atoms with van der Waals surface area (Å²) in [6.07, 6.45) is -0.122. The number of sulfonamides is 1. The summed E-state index contributed by atoms with van der Waals surface area (Å²) in [5.41, 5.74) is 0.756. The third-order valence-electron chi connectivity index (χ3n) is 3.97. The zero-order valence-corrected chi connectivity index (χ0v) is 16.2. The molecule has 4 N–H and O–H groups in total. The number of rotatable bonds is 5. The Balaban J connectivity index is 1.91. The number of phenols is 1. The van der Waals surface area contributed by atoms with Crippen molar-refractivity contribution in [3.8, 4) is 11.6 Å². The minimum atomic E-state index is -4.00. The number of carbonyl (C=O) groups is 1. The van der Waals surface area contributed by atoms with Crippen LogP contribution in [0.2, 0.25) is 5.02 Å². The second kappa shape index (κ2) is 7.63. The number of anilines is 1. The van der Waals surface area contributed by atoms with E-state index >= 15 is 0 Å². The Hall–Kier alpha value is -2.88. The number of phenolic OH excluding ortho intramolecular Hbond substituents is 1. The van der Waals surface area contributed by atoms with E-state index in [1.165, 1.54) is 19.2 Å². The highest BCUT2D eigenvalue weighted by Gasteiger charge is 2.16. The number of hydrogen-bond donors (Lipinski definition) is 3. The fourth-order valence-electron chi connectivity index (χ4n) is 2.66. The van der Waals surface area contributed by atoms with Crippen molar-refractivity contribution in [1.29, 1.82) is 0 Å². The van der Waals surface area contributed by atoms with Crippen molar-refractivity contribution < 1.29 is 23.1 Å². The summed E-state index contributed by atoms with van der Waals surface area (Å²) in [5.74, 6) is -0.403. The molecular formula is C18H16ClN3O5S. The summed E-state index contributed by atoms with van der Waals surface area (Å²) in [4.78, 5) is 16.2. The SMILES string of the molecule is COc1nc(S(N)(=O)=O)cc2ccc(NC(=O)Cc3c(O)cccc3Cl)cc12. The molecule has 0 spiro atoms. The number of methoxy groups -OCH3 is 1. The third kappa shape index (κ3) is 4.16. The van der Waals surface area contributed by atoms with Crippen LogP contribution >= 0.6 is 11.6 Å². The van der Waals surface area contributed by atoms with E-state index < -0.39 is 15.9 Å². The fraction of sp³-hybridized carbons (Fsp3) is 0.111. The molecule has 146 valence electrons. The highest BCUT2D eigenvalue weighted by atomic mass is 35.5. The summed E-state index contributed by atoms with van der Waals surface area (Å²) >= 11 is 6.02. The van der Waals surface area contributed by atoms with Gasteiger partial charge in [0, 0.05) is 21.7 Å². The van der Waals surface area contributed by atoms with E-state index in [0.717, 1.165) is 0 Å². The number of benzene rings is 2. The number of aromatic hydroxyl groups is 1. The molecule has 0 aliphatic rings. The van der Waals surface area contributed by atoms with Crippen molar-refractivity contribution in [2.75, 3.05) is 12.4 Å². The van der Waals surface area contributed by atoms with Crippen LogP contribution in [-0.2, 0) is 21.2 Å². The van der Waals surface area contributed by atoms with Crippen LogP contribution in [0.3, 0.4) is 0 Å². The first-order chi connectivity index (χ1) is 13.2. The minimum Gasteiger partial charge on any atom is -0.508 e. The smallest absolute Gasteiger partial charge is 0.255 e. The molecule has 3 aromatic rings. The molecular weight excluding hydrogens is 406 g/mol. The minimum absolute atomic E-state index is 0.0568. The molecule has 1 amide bonds. The topological polar surface area (TPSA) is 132 Å². The molecule has 0 fully saturated rings. The predicted octanol–water partition coefficient (Wildman–Crippen LogP) is 2.43. The number of primary sulfonamides is 1. The summed E-state index contributed by atoms with van der Waals surface area (Å²) in [5, 5.41) is 18.7. The summed E-state index contributed by atoms with van der Waals surface area (Å²) in [6.45, 7) is 0. The van der Waals surface area contributed by atoms with E-state index in [1.54, 1.807) is 30.3 Å². The van der Waals surface area contributed by atoms with Crippen LogP contribution in [-0.4, -0.2) is 31.5 Å². The van der Waals surface area contributed by atoms with E-state index in [2.05, 4.69) is 10.3 Å². The molecule has 8 nitrogen and oxygen atoms in total. The first-order valence-electron chi connectivity index (χ1n) is 7.97. The second-order valence-electron chi connectivity index (χ2n) is 5.91. The van der Waals surface area contributed by atoms with Crippen LogP contribution in [0, 0.1) is 0 Å². The first-order valence-corrected chi connectivity index (χ1v) is 9.89. The summed E-state index contributed by atoms with van der Waals surface area (Å²) < 4.78 is 28.3. The molecule has 0 unspecified atom stereocenters. The Morgan fingerprint density at radius 2 is 2.04 bits per heavy atom. The van der Waals surface area contributed by atoms with Gasteiger partial charge in [0.05, 0.1) is 13.5 Å². The lowest BCUT2D eigenvalue weighted by atomic mass is 10.1. The van der Waals surface area contributed by atoms with Gasteiger partial charge in [-0.3, -0.25) is 4.79 Å². The van der Waals surface area contributed by atoms with E-state index in [0.29, 0.717) is 22.0 Å². The lowest BCUT2D eigenvalue weighted by molar-refractivity contribution is -0.115. The molecule has 0 atom stereocenters. The molecule has 28 heavy (non-hydrogen) atoms. The lowest BCUT2D eigenvalue weighted by Gasteiger charge is -2.11. The number of nitrogens with zero attached hydrogens (tertiary/aromatic N) is 1. The number of fused-ring (bicyclic) bond motifs is 1. The molecule has 0 saturated carbocycles. The van der Waals surface area contributed by atoms with Gasteiger partial charge in [0.15, 0.2) is 5.03 Å². The number of hydrogen-bond acceptors (Lipinski definition) is 6. The average Bonchev–Trinajstić information content (AvgIpc) is 2.63. The van der Waals surface area contributed by atoms with Crippen molar-refractivity contribution in [2.45, 2.75) is 11.4 Å². The zero-order chi connectivity index (χ0) is 20.5. The maximum Gasteiger partial charge on any atom is 0.255 e. The number of nitrogens with two attached hydrogens (primary N) is 1. The number of pyridine rings is 1. The Bertz CT molecular complexity index is 1160. The van der Waals surface area contributed by atoms with Crippen molar-refractivity contribution in [3.63, 3.8) is 0 Å². The van der Waals surface area contributed by atoms with Gasteiger partial charge >= 0.3 is 0 Å². The van der Waals surface area contributed by atoms with Gasteiger partial charge < -0.3 is 15.2 Å². The van der Waals surface area contributed by atoms with Crippen molar-refractivity contribution in [2.24, 2.45) is 5.14 Å². The normalized spacial score (nSPS) is 11.4. The quantitative estimate of drug-likeness (QED) is 0.579. The van der Waals surface area contributed by atoms with Gasteiger partial charge in [-0.05, 0) is 35.7 Å². The summed E-state index contributed by atoms with van der Waals surface area (Å²) in [6, 6.07) is 10.7. The molecule has 1 aromatic heterocycles. The number of carbonyl (C=O) groups excluding carboxylic acids is 1. The maximum absolute atomic E-state index is 12.3. The highest BCUT2D eigenvalue weighted by molar-refractivity contribution is 7.89. The molecule has 10 heteroatoms. The molecule has 0 bridgehead atoms. The number of nitrogens with one attached hydrogen (secondary N) is 1. The Morgan fingerprint density at radius 3 is 2.68 bits per heavy atom. The van der Waals surface area contributed by atoms with Crippen LogP contribution in [0.1, 0.15) is 5.56 Å².